The first-order chi connectivity index (χ1) is 21.4. The van der Waals surface area contributed by atoms with Gasteiger partial charge in [-0.15, -0.1) is 11.3 Å². The van der Waals surface area contributed by atoms with Crippen LogP contribution >= 0.6 is 34.5 Å². The molecule has 0 bridgehead atoms. The molecule has 14 heteroatoms. The van der Waals surface area contributed by atoms with Gasteiger partial charge in [0, 0.05) is 79.2 Å². The molecule has 44 heavy (non-hydrogen) atoms. The second-order valence-electron chi connectivity index (χ2n) is 10.9. The van der Waals surface area contributed by atoms with Gasteiger partial charge in [-0.25, -0.2) is 14.4 Å². The molecule has 1 amide bonds. The van der Waals surface area contributed by atoms with E-state index in [0.717, 1.165) is 43.0 Å². The lowest BCUT2D eigenvalue weighted by Crippen LogP contribution is -2.47. The van der Waals surface area contributed by atoms with Crippen LogP contribution < -0.4 is 10.2 Å². The minimum absolute atomic E-state index is 0.164. The van der Waals surface area contributed by atoms with Crippen molar-refractivity contribution >= 4 is 62.2 Å². The van der Waals surface area contributed by atoms with E-state index in [9.17, 15) is 14.3 Å². The van der Waals surface area contributed by atoms with Crippen LogP contribution in [0.4, 0.5) is 15.2 Å². The van der Waals surface area contributed by atoms with Crippen LogP contribution in [0, 0.1) is 0 Å². The van der Waals surface area contributed by atoms with E-state index in [1.54, 1.807) is 28.7 Å². The number of rotatable bonds is 8. The molecule has 1 fully saturated rings. The number of nitrogens with one attached hydrogen (secondary N) is 1. The Labute approximate surface area is 266 Å². The number of thiazole rings is 1. The standard InChI is InChI=1S/C30H29Cl2FN8O2S/c31-23-14-21(18-1-3-20(4-2-18)39-8-6-38(7-9-39)10-11-42)25(32)26-22(23)16-41(37-26)28(29(43)36-30-34-5-12-44-30)27-24-13-19(33)15-40(24)17-35-27/h1-5,12,14,16-17,19,28,42H,6-11,13,15H2,(H,34,36,43)/t19-,28?/m1/s1. The molecule has 3 aromatic heterocycles. The number of alkyl halides is 1. The summed E-state index contributed by atoms with van der Waals surface area (Å²) in [4.78, 5) is 27.0. The Bertz CT molecular complexity index is 1800. The van der Waals surface area contributed by atoms with E-state index >= 15 is 0 Å². The van der Waals surface area contributed by atoms with Crippen molar-refractivity contribution in [3.63, 3.8) is 0 Å². The monoisotopic (exact) mass is 654 g/mol. The molecule has 1 unspecified atom stereocenters. The Morgan fingerprint density at radius 3 is 2.68 bits per heavy atom. The first kappa shape index (κ1) is 29.2. The van der Waals surface area contributed by atoms with Gasteiger partial charge in [-0.05, 0) is 23.8 Å². The van der Waals surface area contributed by atoms with E-state index in [2.05, 4.69) is 37.2 Å². The average molecular weight is 656 g/mol. The second kappa shape index (κ2) is 12.1. The lowest BCUT2D eigenvalue weighted by Gasteiger charge is -2.35. The van der Waals surface area contributed by atoms with E-state index < -0.39 is 18.1 Å². The van der Waals surface area contributed by atoms with Crippen LogP contribution in [0.25, 0.3) is 22.0 Å². The third kappa shape index (κ3) is 5.45. The molecule has 2 aliphatic rings. The number of nitrogens with zero attached hydrogens (tertiary/aromatic N) is 7. The van der Waals surface area contributed by atoms with Gasteiger partial charge in [0.25, 0.3) is 5.91 Å². The smallest absolute Gasteiger partial charge is 0.257 e. The van der Waals surface area contributed by atoms with Gasteiger partial charge in [0.15, 0.2) is 11.2 Å². The molecule has 5 heterocycles. The van der Waals surface area contributed by atoms with Crippen LogP contribution in [0.5, 0.6) is 0 Å². The zero-order chi connectivity index (χ0) is 30.4. The maximum Gasteiger partial charge on any atom is 0.257 e. The topological polar surface area (TPSA) is 104 Å². The van der Waals surface area contributed by atoms with Crippen LogP contribution in [0.1, 0.15) is 17.4 Å². The lowest BCUT2D eigenvalue weighted by molar-refractivity contribution is -0.118. The summed E-state index contributed by atoms with van der Waals surface area (Å²) >= 11 is 15.1. The molecule has 0 aliphatic carbocycles. The molecule has 2 aliphatic heterocycles. The highest BCUT2D eigenvalue weighted by molar-refractivity contribution is 7.13. The molecule has 10 nitrogen and oxygen atoms in total. The minimum atomic E-state index is -1.04. The quantitative estimate of drug-likeness (QED) is 0.245. The number of carbonyl (C=O) groups is 1. The second-order valence-corrected chi connectivity index (χ2v) is 12.6. The molecule has 228 valence electrons. The molecule has 0 spiro atoms. The summed E-state index contributed by atoms with van der Waals surface area (Å²) in [6.45, 7) is 4.65. The van der Waals surface area contributed by atoms with Gasteiger partial charge < -0.3 is 14.6 Å². The number of aliphatic hydroxyl groups excluding tert-OH is 1. The number of aromatic nitrogens is 5. The van der Waals surface area contributed by atoms with Crippen molar-refractivity contribution in [2.75, 3.05) is 49.5 Å². The third-order valence-corrected chi connectivity index (χ3v) is 9.64. The molecular weight excluding hydrogens is 626 g/mol. The van der Waals surface area contributed by atoms with Crippen molar-refractivity contribution in [2.24, 2.45) is 0 Å². The number of anilines is 2. The number of piperazine rings is 1. The molecule has 2 N–H and O–H groups in total. The van der Waals surface area contributed by atoms with Crippen LogP contribution in [0.3, 0.4) is 0 Å². The molecule has 2 atom stereocenters. The Kier molecular flexibility index (Phi) is 8.02. The molecule has 2 aromatic carbocycles. The van der Waals surface area contributed by atoms with Crippen LogP contribution in [-0.4, -0.2) is 85.7 Å². The van der Waals surface area contributed by atoms with E-state index in [1.165, 1.54) is 16.0 Å². The van der Waals surface area contributed by atoms with Gasteiger partial charge in [-0.1, -0.05) is 35.3 Å². The minimum Gasteiger partial charge on any atom is -0.395 e. The average Bonchev–Trinajstić information content (AvgIpc) is 3.83. The number of hydrogen-bond donors (Lipinski definition) is 2. The van der Waals surface area contributed by atoms with Crippen molar-refractivity contribution in [3.8, 4) is 11.1 Å². The van der Waals surface area contributed by atoms with Crippen molar-refractivity contribution in [1.29, 1.82) is 0 Å². The predicted octanol–water partition coefficient (Wildman–Crippen LogP) is 4.90. The summed E-state index contributed by atoms with van der Waals surface area (Å²) < 4.78 is 17.6. The van der Waals surface area contributed by atoms with Gasteiger partial charge in [-0.3, -0.25) is 19.7 Å². The fourth-order valence-electron chi connectivity index (χ4n) is 6.04. The molecule has 7 rings (SSSR count). The summed E-state index contributed by atoms with van der Waals surface area (Å²) in [5, 5.41) is 20.5. The van der Waals surface area contributed by atoms with Gasteiger partial charge in [0.05, 0.1) is 35.2 Å². The number of hydrogen-bond acceptors (Lipinski definition) is 8. The Morgan fingerprint density at radius 2 is 1.95 bits per heavy atom. The SMILES string of the molecule is O=C(Nc1nccs1)C(c1ncn2c1C[C@@H](F)C2)n1cc2c(Cl)cc(-c3ccc(N4CCN(CCO)CC4)cc3)c(Cl)c2n1. The molecular formula is C30H29Cl2FN8O2S. The molecule has 1 saturated heterocycles. The fourth-order valence-corrected chi connectivity index (χ4v) is 7.12. The van der Waals surface area contributed by atoms with Crippen molar-refractivity contribution in [3.05, 3.63) is 75.9 Å². The first-order valence-electron chi connectivity index (χ1n) is 14.3. The number of amides is 1. The Hall–Kier alpha value is -3.55. The Morgan fingerprint density at radius 1 is 1.16 bits per heavy atom. The first-order valence-corrected chi connectivity index (χ1v) is 16.0. The van der Waals surface area contributed by atoms with Crippen molar-refractivity contribution in [2.45, 2.75) is 25.2 Å². The van der Waals surface area contributed by atoms with Crippen LogP contribution in [0.15, 0.2) is 54.4 Å². The fraction of sp³-hybridized carbons (Fsp3) is 0.333. The highest BCUT2D eigenvalue weighted by Gasteiger charge is 2.34. The number of β-amino-alcohol motifs (C(OH)–C–C–N with tert-alkyl or cyclic N) is 1. The molecule has 5 aromatic rings. The van der Waals surface area contributed by atoms with Gasteiger partial charge in [-0.2, -0.15) is 5.10 Å². The molecule has 0 radical (unpaired) electrons. The van der Waals surface area contributed by atoms with Gasteiger partial charge in [0.2, 0.25) is 0 Å². The summed E-state index contributed by atoms with van der Waals surface area (Å²) in [6.07, 6.45) is 3.98. The number of imidazole rings is 1. The lowest BCUT2D eigenvalue weighted by atomic mass is 10.0. The zero-order valence-electron chi connectivity index (χ0n) is 23.5. The highest BCUT2D eigenvalue weighted by atomic mass is 35.5. The number of fused-ring (bicyclic) bond motifs is 2. The summed E-state index contributed by atoms with van der Waals surface area (Å²) in [5.41, 5.74) is 4.25. The van der Waals surface area contributed by atoms with Crippen molar-refractivity contribution < 1.29 is 14.3 Å². The van der Waals surface area contributed by atoms with Crippen molar-refractivity contribution in [1.82, 2.24) is 29.2 Å². The number of aliphatic hydroxyl groups is 1. The maximum atomic E-state index is 14.3. The number of carbonyl (C=O) groups excluding carboxylic acids is 1. The molecule has 0 saturated carbocycles. The normalized spacial score (nSPS) is 17.7. The number of halogens is 3. The highest BCUT2D eigenvalue weighted by Crippen LogP contribution is 2.40. The van der Waals surface area contributed by atoms with Crippen LogP contribution in [-0.2, 0) is 17.8 Å². The van der Waals surface area contributed by atoms with Crippen LogP contribution in [0.2, 0.25) is 10.0 Å². The number of benzene rings is 2. The maximum absolute atomic E-state index is 14.3. The third-order valence-electron chi connectivity index (χ3n) is 8.26. The van der Waals surface area contributed by atoms with E-state index in [4.69, 9.17) is 28.3 Å². The van der Waals surface area contributed by atoms with E-state index in [-0.39, 0.29) is 19.6 Å². The Balaban J connectivity index is 1.22. The largest absolute Gasteiger partial charge is 0.395 e. The van der Waals surface area contributed by atoms with E-state index in [1.807, 2.05) is 18.2 Å². The summed E-state index contributed by atoms with van der Waals surface area (Å²) in [5.74, 6) is -0.406. The summed E-state index contributed by atoms with van der Waals surface area (Å²) in [7, 11) is 0. The van der Waals surface area contributed by atoms with E-state index in [0.29, 0.717) is 44.0 Å². The van der Waals surface area contributed by atoms with Gasteiger partial charge in [0.1, 0.15) is 11.7 Å². The van der Waals surface area contributed by atoms with Gasteiger partial charge >= 0.3 is 0 Å². The predicted molar refractivity (Wildman–Crippen MR) is 171 cm³/mol. The summed E-state index contributed by atoms with van der Waals surface area (Å²) in [6, 6.07) is 8.98. The zero-order valence-corrected chi connectivity index (χ0v) is 25.9.